The molecule has 4 aromatic rings. The molecule has 1 fully saturated rings. The highest BCUT2D eigenvalue weighted by atomic mass is 32.2. The first-order chi connectivity index (χ1) is 15.6. The highest BCUT2D eigenvalue weighted by Gasteiger charge is 2.31. The molecule has 32 heavy (non-hydrogen) atoms. The second kappa shape index (κ2) is 8.42. The zero-order valence-electron chi connectivity index (χ0n) is 18.1. The van der Waals surface area contributed by atoms with Gasteiger partial charge in [-0.25, -0.2) is 9.78 Å². The molecular formula is C22H25N7O2S. The van der Waals surface area contributed by atoms with Crippen molar-refractivity contribution in [2.24, 2.45) is 7.05 Å². The second-order valence-electron chi connectivity index (χ2n) is 8.10. The van der Waals surface area contributed by atoms with Crippen LogP contribution in [0.3, 0.4) is 0 Å². The van der Waals surface area contributed by atoms with Crippen LogP contribution in [0.25, 0.3) is 16.9 Å². The average molecular weight is 452 g/mol. The Labute approximate surface area is 188 Å². The summed E-state index contributed by atoms with van der Waals surface area (Å²) in [7, 11) is 1.81. The number of thioether (sulfide) groups is 1. The molecule has 0 unspecified atom stereocenters. The fourth-order valence-electron chi connectivity index (χ4n) is 3.87. The van der Waals surface area contributed by atoms with E-state index >= 15 is 0 Å². The molecule has 3 aromatic heterocycles. The van der Waals surface area contributed by atoms with Gasteiger partial charge < -0.3 is 4.57 Å². The predicted octanol–water partition coefficient (Wildman–Crippen LogP) is 2.97. The largest absolute Gasteiger partial charge is 0.330 e. The third-order valence-electron chi connectivity index (χ3n) is 5.79. The van der Waals surface area contributed by atoms with E-state index in [0.717, 1.165) is 42.4 Å². The number of rotatable bonds is 8. The van der Waals surface area contributed by atoms with Gasteiger partial charge in [-0.2, -0.15) is 0 Å². The van der Waals surface area contributed by atoms with Crippen LogP contribution in [0.5, 0.6) is 0 Å². The number of unbranched alkanes of at least 4 members (excludes halogenated alkanes) is 1. The first-order valence-electron chi connectivity index (χ1n) is 10.9. The molecule has 1 aliphatic carbocycles. The Morgan fingerprint density at radius 1 is 1.16 bits per heavy atom. The lowest BCUT2D eigenvalue weighted by atomic mass is 10.3. The van der Waals surface area contributed by atoms with Crippen molar-refractivity contribution in [1.82, 2.24) is 33.9 Å². The van der Waals surface area contributed by atoms with Crippen molar-refractivity contribution in [3.05, 3.63) is 62.8 Å². The number of aromatic amines is 1. The number of aromatic nitrogens is 7. The fourth-order valence-corrected chi connectivity index (χ4v) is 4.82. The van der Waals surface area contributed by atoms with Crippen molar-refractivity contribution in [3.8, 4) is 5.69 Å². The van der Waals surface area contributed by atoms with E-state index in [1.807, 2.05) is 25.2 Å². The number of imidazole rings is 1. The van der Waals surface area contributed by atoms with Gasteiger partial charge in [-0.1, -0.05) is 43.3 Å². The normalized spacial score (nSPS) is 13.8. The van der Waals surface area contributed by atoms with Crippen molar-refractivity contribution >= 4 is 22.9 Å². The summed E-state index contributed by atoms with van der Waals surface area (Å²) < 4.78 is 5.45. The SMILES string of the molecule is CCCCn1c(=O)[nH]c(=O)c2c1nc(CSc1nnc(C3CC3)n1-c1ccccc1)n2C. The molecule has 1 aliphatic rings. The maximum atomic E-state index is 12.5. The lowest BCUT2D eigenvalue weighted by molar-refractivity contribution is 0.613. The van der Waals surface area contributed by atoms with Crippen molar-refractivity contribution in [1.29, 1.82) is 0 Å². The topological polar surface area (TPSA) is 103 Å². The molecule has 1 saturated carbocycles. The summed E-state index contributed by atoms with van der Waals surface area (Å²) in [5.74, 6) is 2.66. The molecule has 0 atom stereocenters. The number of nitrogens with one attached hydrogen (secondary N) is 1. The van der Waals surface area contributed by atoms with Gasteiger partial charge >= 0.3 is 5.69 Å². The Hall–Kier alpha value is -3.14. The number of para-hydroxylation sites is 1. The number of hydrogen-bond donors (Lipinski definition) is 1. The van der Waals surface area contributed by atoms with Crippen molar-refractivity contribution < 1.29 is 0 Å². The van der Waals surface area contributed by atoms with Gasteiger partial charge in [-0.15, -0.1) is 10.2 Å². The van der Waals surface area contributed by atoms with E-state index in [2.05, 4.69) is 43.8 Å². The Morgan fingerprint density at radius 2 is 1.94 bits per heavy atom. The Morgan fingerprint density at radius 3 is 2.66 bits per heavy atom. The molecular weight excluding hydrogens is 426 g/mol. The Kier molecular flexibility index (Phi) is 5.46. The number of fused-ring (bicyclic) bond motifs is 1. The molecule has 0 spiro atoms. The van der Waals surface area contributed by atoms with Crippen LogP contribution in [0.4, 0.5) is 0 Å². The zero-order valence-corrected chi connectivity index (χ0v) is 18.9. The molecule has 0 radical (unpaired) electrons. The Bertz CT molecular complexity index is 1380. The first kappa shape index (κ1) is 20.7. The van der Waals surface area contributed by atoms with Crippen LogP contribution in [0.15, 0.2) is 45.1 Å². The quantitative estimate of drug-likeness (QED) is 0.413. The van der Waals surface area contributed by atoms with Crippen LogP contribution >= 0.6 is 11.8 Å². The van der Waals surface area contributed by atoms with Crippen LogP contribution in [0, 0.1) is 0 Å². The third kappa shape index (κ3) is 3.68. The van der Waals surface area contributed by atoms with E-state index in [-0.39, 0.29) is 0 Å². The number of nitrogens with zero attached hydrogens (tertiary/aromatic N) is 6. The van der Waals surface area contributed by atoms with Crippen LogP contribution < -0.4 is 11.2 Å². The fraction of sp³-hybridized carbons (Fsp3) is 0.409. The molecule has 5 rings (SSSR count). The van der Waals surface area contributed by atoms with Crippen molar-refractivity contribution in [3.63, 3.8) is 0 Å². The van der Waals surface area contributed by atoms with Gasteiger partial charge in [0.15, 0.2) is 16.3 Å². The monoisotopic (exact) mass is 451 g/mol. The second-order valence-corrected chi connectivity index (χ2v) is 9.04. The number of benzene rings is 1. The van der Waals surface area contributed by atoms with Crippen molar-refractivity contribution in [2.45, 2.75) is 56.0 Å². The third-order valence-corrected chi connectivity index (χ3v) is 6.71. The van der Waals surface area contributed by atoms with Gasteiger partial charge in [0, 0.05) is 25.2 Å². The molecule has 10 heteroatoms. The highest BCUT2D eigenvalue weighted by molar-refractivity contribution is 7.98. The van der Waals surface area contributed by atoms with Gasteiger partial charge in [-0.05, 0) is 31.4 Å². The predicted molar refractivity (Wildman–Crippen MR) is 123 cm³/mol. The van der Waals surface area contributed by atoms with E-state index in [1.54, 1.807) is 9.13 Å². The Balaban J connectivity index is 1.50. The minimum atomic E-state index is -0.411. The molecule has 3 heterocycles. The van der Waals surface area contributed by atoms with Gasteiger partial charge in [0.25, 0.3) is 5.56 Å². The lowest BCUT2D eigenvalue weighted by Crippen LogP contribution is -2.31. The van der Waals surface area contributed by atoms with E-state index in [4.69, 9.17) is 0 Å². The lowest BCUT2D eigenvalue weighted by Gasteiger charge is -2.09. The molecule has 0 bridgehead atoms. The number of H-pyrrole nitrogens is 1. The molecule has 1 aromatic carbocycles. The molecule has 0 amide bonds. The summed E-state index contributed by atoms with van der Waals surface area (Å²) in [6.07, 6.45) is 4.06. The first-order valence-corrected chi connectivity index (χ1v) is 11.9. The van der Waals surface area contributed by atoms with Gasteiger partial charge in [0.2, 0.25) is 0 Å². The molecule has 166 valence electrons. The van der Waals surface area contributed by atoms with Crippen LogP contribution in [-0.4, -0.2) is 33.9 Å². The van der Waals surface area contributed by atoms with Crippen LogP contribution in [0.1, 0.15) is 50.2 Å². The summed E-state index contributed by atoms with van der Waals surface area (Å²) >= 11 is 1.53. The average Bonchev–Trinajstić information content (AvgIpc) is 3.46. The van der Waals surface area contributed by atoms with Crippen LogP contribution in [-0.2, 0) is 19.3 Å². The smallest absolute Gasteiger partial charge is 0.325 e. The van der Waals surface area contributed by atoms with Gasteiger partial charge in [0.05, 0.1) is 5.75 Å². The summed E-state index contributed by atoms with van der Waals surface area (Å²) in [5, 5.41) is 9.72. The van der Waals surface area contributed by atoms with E-state index < -0.39 is 11.2 Å². The standard InChI is InChI=1S/C22H25N7O2S/c1-3-4-12-28-19-17(20(30)24-21(28)31)27(2)16(23-19)13-32-22-26-25-18(14-10-11-14)29(22)15-8-6-5-7-9-15/h5-9,14H,3-4,10-13H2,1-2H3,(H,24,30,31). The summed E-state index contributed by atoms with van der Waals surface area (Å²) in [6.45, 7) is 2.59. The molecule has 9 nitrogen and oxygen atoms in total. The summed E-state index contributed by atoms with van der Waals surface area (Å²) in [4.78, 5) is 32.0. The number of hydrogen-bond acceptors (Lipinski definition) is 6. The minimum absolute atomic E-state index is 0.410. The summed E-state index contributed by atoms with van der Waals surface area (Å²) in [6, 6.07) is 10.1. The summed E-state index contributed by atoms with van der Waals surface area (Å²) in [5.41, 5.74) is 1.07. The molecule has 0 aliphatic heterocycles. The van der Waals surface area contributed by atoms with E-state index in [1.165, 1.54) is 11.8 Å². The maximum Gasteiger partial charge on any atom is 0.330 e. The molecule has 0 saturated heterocycles. The zero-order chi connectivity index (χ0) is 22.2. The maximum absolute atomic E-state index is 12.5. The molecule has 1 N–H and O–H groups in total. The number of aryl methyl sites for hydroxylation is 2. The van der Waals surface area contributed by atoms with Gasteiger partial charge in [-0.3, -0.25) is 18.9 Å². The van der Waals surface area contributed by atoms with Crippen LogP contribution in [0.2, 0.25) is 0 Å². The highest BCUT2D eigenvalue weighted by Crippen LogP contribution is 2.41. The van der Waals surface area contributed by atoms with E-state index in [9.17, 15) is 9.59 Å². The van der Waals surface area contributed by atoms with Crippen molar-refractivity contribution in [2.75, 3.05) is 0 Å². The van der Waals surface area contributed by atoms with Gasteiger partial charge in [0.1, 0.15) is 11.6 Å². The minimum Gasteiger partial charge on any atom is -0.325 e. The van der Waals surface area contributed by atoms with E-state index in [0.29, 0.717) is 35.2 Å².